The summed E-state index contributed by atoms with van der Waals surface area (Å²) < 4.78 is 29.0. The van der Waals surface area contributed by atoms with Gasteiger partial charge in [-0.15, -0.1) is 0 Å². The predicted molar refractivity (Wildman–Crippen MR) is 125 cm³/mol. The van der Waals surface area contributed by atoms with E-state index in [2.05, 4.69) is 5.32 Å². The summed E-state index contributed by atoms with van der Waals surface area (Å²) in [6.07, 6.45) is 1.23. The minimum atomic E-state index is -3.77. The van der Waals surface area contributed by atoms with Crippen LogP contribution in [-0.4, -0.2) is 25.2 Å². The van der Waals surface area contributed by atoms with Crippen molar-refractivity contribution < 1.29 is 13.2 Å². The van der Waals surface area contributed by atoms with Crippen LogP contribution in [0.3, 0.4) is 0 Å². The minimum Gasteiger partial charge on any atom is -0.352 e. The van der Waals surface area contributed by atoms with Gasteiger partial charge < -0.3 is 5.32 Å². The molecule has 0 aromatic heterocycles. The fourth-order valence-electron chi connectivity index (χ4n) is 4.33. The number of hydrogen-bond acceptors (Lipinski definition) is 3. The molecule has 0 aliphatic carbocycles. The molecule has 2 atom stereocenters. The lowest BCUT2D eigenvalue weighted by Crippen LogP contribution is -2.46. The van der Waals surface area contributed by atoms with Crippen LogP contribution < -0.4 is 5.32 Å². The zero-order valence-electron chi connectivity index (χ0n) is 18.1. The van der Waals surface area contributed by atoms with Crippen molar-refractivity contribution in [1.82, 2.24) is 9.62 Å². The molecule has 32 heavy (non-hydrogen) atoms. The first-order valence-electron chi connectivity index (χ1n) is 10.9. The Balaban J connectivity index is 1.60. The highest BCUT2D eigenvalue weighted by Crippen LogP contribution is 2.38. The SMILES string of the molecule is Cc1ccccc1S(=O)(=O)N1C[C@H](C(=O)NCc2ccccc2)CC[C@@H]1c1ccccc1. The maximum atomic E-state index is 13.7. The third-order valence-electron chi connectivity index (χ3n) is 6.08. The Kier molecular flexibility index (Phi) is 6.72. The Morgan fingerprint density at radius 2 is 1.53 bits per heavy atom. The van der Waals surface area contributed by atoms with Gasteiger partial charge in [0.2, 0.25) is 15.9 Å². The average molecular weight is 449 g/mol. The van der Waals surface area contributed by atoms with Gasteiger partial charge in [0, 0.05) is 13.1 Å². The number of amides is 1. The van der Waals surface area contributed by atoms with Crippen LogP contribution in [0.15, 0.2) is 89.8 Å². The average Bonchev–Trinajstić information content (AvgIpc) is 2.83. The van der Waals surface area contributed by atoms with E-state index in [1.807, 2.05) is 66.7 Å². The summed E-state index contributed by atoms with van der Waals surface area (Å²) in [4.78, 5) is 13.3. The molecule has 1 amide bonds. The number of nitrogens with zero attached hydrogens (tertiary/aromatic N) is 1. The number of nitrogens with one attached hydrogen (secondary N) is 1. The van der Waals surface area contributed by atoms with Gasteiger partial charge in [-0.3, -0.25) is 4.79 Å². The maximum Gasteiger partial charge on any atom is 0.243 e. The second-order valence-electron chi connectivity index (χ2n) is 8.24. The molecule has 1 fully saturated rings. The van der Waals surface area contributed by atoms with Crippen molar-refractivity contribution in [2.75, 3.05) is 6.54 Å². The van der Waals surface area contributed by atoms with Gasteiger partial charge in [0.05, 0.1) is 16.9 Å². The standard InChI is InChI=1S/C26H28N2O3S/c1-20-10-8-9-15-25(20)32(30,31)28-19-23(16-17-24(28)22-13-6-3-7-14-22)26(29)27-18-21-11-4-2-5-12-21/h2-15,23-24H,16-19H2,1H3,(H,27,29)/t23-,24-/m1/s1. The van der Waals surface area contributed by atoms with Crippen LogP contribution in [0.5, 0.6) is 0 Å². The highest BCUT2D eigenvalue weighted by Gasteiger charge is 2.40. The number of carbonyl (C=O) groups is 1. The first-order valence-corrected chi connectivity index (χ1v) is 12.3. The number of rotatable bonds is 6. The number of hydrogen-bond donors (Lipinski definition) is 1. The van der Waals surface area contributed by atoms with E-state index in [4.69, 9.17) is 0 Å². The van der Waals surface area contributed by atoms with Crippen molar-refractivity contribution in [2.24, 2.45) is 5.92 Å². The predicted octanol–water partition coefficient (Wildman–Crippen LogP) is 4.45. The van der Waals surface area contributed by atoms with Gasteiger partial charge >= 0.3 is 0 Å². The van der Waals surface area contributed by atoms with Crippen molar-refractivity contribution in [3.8, 4) is 0 Å². The molecule has 1 N–H and O–H groups in total. The second-order valence-corrected chi connectivity index (χ2v) is 10.1. The van der Waals surface area contributed by atoms with Crippen molar-refractivity contribution in [1.29, 1.82) is 0 Å². The third-order valence-corrected chi connectivity index (χ3v) is 8.12. The summed E-state index contributed by atoms with van der Waals surface area (Å²) in [5.74, 6) is -0.497. The molecule has 166 valence electrons. The van der Waals surface area contributed by atoms with Gasteiger partial charge in [0.15, 0.2) is 0 Å². The summed E-state index contributed by atoms with van der Waals surface area (Å²) in [7, 11) is -3.77. The van der Waals surface area contributed by atoms with E-state index in [0.717, 1.165) is 11.1 Å². The molecule has 5 nitrogen and oxygen atoms in total. The molecular weight excluding hydrogens is 420 g/mol. The fraction of sp³-hybridized carbons (Fsp3) is 0.269. The largest absolute Gasteiger partial charge is 0.352 e. The van der Waals surface area contributed by atoms with Crippen LogP contribution in [0.1, 0.15) is 35.6 Å². The lowest BCUT2D eigenvalue weighted by Gasteiger charge is -2.38. The van der Waals surface area contributed by atoms with E-state index in [9.17, 15) is 13.2 Å². The third kappa shape index (κ3) is 4.76. The van der Waals surface area contributed by atoms with Gasteiger partial charge in [-0.2, -0.15) is 4.31 Å². The Labute approximate surface area is 190 Å². The lowest BCUT2D eigenvalue weighted by molar-refractivity contribution is -0.126. The van der Waals surface area contributed by atoms with E-state index < -0.39 is 15.9 Å². The molecule has 3 aromatic rings. The molecule has 1 saturated heterocycles. The van der Waals surface area contributed by atoms with Crippen LogP contribution in [0, 0.1) is 12.8 Å². The van der Waals surface area contributed by atoms with Gasteiger partial charge in [-0.1, -0.05) is 78.9 Å². The number of sulfonamides is 1. The van der Waals surface area contributed by atoms with E-state index in [1.54, 1.807) is 25.1 Å². The van der Waals surface area contributed by atoms with Gasteiger partial charge in [-0.25, -0.2) is 8.42 Å². The highest BCUT2D eigenvalue weighted by molar-refractivity contribution is 7.89. The number of piperidine rings is 1. The molecule has 0 unspecified atom stereocenters. The first kappa shape index (κ1) is 22.2. The molecular formula is C26H28N2O3S. The zero-order valence-corrected chi connectivity index (χ0v) is 19.0. The number of benzene rings is 3. The maximum absolute atomic E-state index is 13.7. The van der Waals surface area contributed by atoms with Crippen molar-refractivity contribution >= 4 is 15.9 Å². The molecule has 1 heterocycles. The number of aryl methyl sites for hydroxylation is 1. The van der Waals surface area contributed by atoms with Crippen LogP contribution in [0.25, 0.3) is 0 Å². The highest BCUT2D eigenvalue weighted by atomic mass is 32.2. The quantitative estimate of drug-likeness (QED) is 0.606. The lowest BCUT2D eigenvalue weighted by atomic mass is 9.90. The van der Waals surface area contributed by atoms with Gasteiger partial charge in [0.1, 0.15) is 0 Å². The molecule has 6 heteroatoms. The molecule has 0 radical (unpaired) electrons. The summed E-state index contributed by atoms with van der Waals surface area (Å²) in [6, 6.07) is 26.1. The molecule has 3 aromatic carbocycles. The van der Waals surface area contributed by atoms with Crippen LogP contribution >= 0.6 is 0 Å². The van der Waals surface area contributed by atoms with E-state index in [1.165, 1.54) is 4.31 Å². The molecule has 0 spiro atoms. The van der Waals surface area contributed by atoms with Gasteiger partial charge in [0.25, 0.3) is 0 Å². The summed E-state index contributed by atoms with van der Waals surface area (Å²) in [5, 5.41) is 2.99. The monoisotopic (exact) mass is 448 g/mol. The molecule has 0 bridgehead atoms. The molecule has 1 aliphatic rings. The smallest absolute Gasteiger partial charge is 0.243 e. The molecule has 0 saturated carbocycles. The summed E-state index contributed by atoms with van der Waals surface area (Å²) >= 11 is 0. The van der Waals surface area contributed by atoms with Crippen molar-refractivity contribution in [3.63, 3.8) is 0 Å². The van der Waals surface area contributed by atoms with Crippen LogP contribution in [0.2, 0.25) is 0 Å². The summed E-state index contributed by atoms with van der Waals surface area (Å²) in [6.45, 7) is 2.40. The molecule has 4 rings (SSSR count). The first-order chi connectivity index (χ1) is 15.5. The second kappa shape index (κ2) is 9.67. The fourth-order valence-corrected chi connectivity index (χ4v) is 6.24. The van der Waals surface area contributed by atoms with E-state index >= 15 is 0 Å². The Bertz CT molecular complexity index is 1160. The minimum absolute atomic E-state index is 0.106. The number of carbonyl (C=O) groups excluding carboxylic acids is 1. The Hall–Kier alpha value is -2.96. The Morgan fingerprint density at radius 3 is 2.22 bits per heavy atom. The summed E-state index contributed by atoms with van der Waals surface area (Å²) in [5.41, 5.74) is 2.67. The van der Waals surface area contributed by atoms with E-state index in [-0.39, 0.29) is 18.5 Å². The van der Waals surface area contributed by atoms with Crippen LogP contribution in [0.4, 0.5) is 0 Å². The van der Waals surface area contributed by atoms with Crippen molar-refractivity contribution in [3.05, 3.63) is 102 Å². The topological polar surface area (TPSA) is 66.5 Å². The van der Waals surface area contributed by atoms with Gasteiger partial charge in [-0.05, 0) is 42.5 Å². The van der Waals surface area contributed by atoms with Crippen molar-refractivity contribution in [2.45, 2.75) is 37.2 Å². The molecule has 1 aliphatic heterocycles. The normalized spacial score (nSPS) is 19.4. The zero-order chi connectivity index (χ0) is 22.6. The van der Waals surface area contributed by atoms with E-state index in [0.29, 0.717) is 29.8 Å². The Morgan fingerprint density at radius 1 is 0.906 bits per heavy atom. The van der Waals surface area contributed by atoms with Crippen LogP contribution in [-0.2, 0) is 21.4 Å².